The first-order chi connectivity index (χ1) is 11.2. The number of hydrogen-bond donors (Lipinski definition) is 1. The maximum Gasteiger partial charge on any atom is 0.211 e. The van der Waals surface area contributed by atoms with Gasteiger partial charge in [0.2, 0.25) is 5.78 Å². The Labute approximate surface area is 133 Å². The van der Waals surface area contributed by atoms with E-state index in [4.69, 9.17) is 5.73 Å². The number of para-hydroxylation sites is 1. The number of anilines is 1. The van der Waals surface area contributed by atoms with E-state index in [1.165, 1.54) is 0 Å². The lowest BCUT2D eigenvalue weighted by Gasteiger charge is -2.07. The monoisotopic (exact) mass is 298 g/mol. The highest BCUT2D eigenvalue weighted by molar-refractivity contribution is 6.16. The molecule has 0 aliphatic carbocycles. The molecule has 2 N–H and O–H groups in total. The molecule has 3 heteroatoms. The number of nitrogens with zero attached hydrogens (tertiary/aromatic N) is 1. The van der Waals surface area contributed by atoms with E-state index in [1.54, 1.807) is 12.1 Å². The number of fused-ring (bicyclic) bond motifs is 2. The molecule has 0 aliphatic heterocycles. The predicted molar refractivity (Wildman–Crippen MR) is 93.5 cm³/mol. The van der Waals surface area contributed by atoms with Gasteiger partial charge < -0.3 is 5.73 Å². The van der Waals surface area contributed by atoms with Gasteiger partial charge in [-0.1, -0.05) is 60.7 Å². The van der Waals surface area contributed by atoms with Crippen LogP contribution in [0.2, 0.25) is 0 Å². The molecule has 3 nitrogen and oxygen atoms in total. The quantitative estimate of drug-likeness (QED) is 0.445. The fraction of sp³-hybridized carbons (Fsp3) is 0. The van der Waals surface area contributed by atoms with E-state index in [9.17, 15) is 4.79 Å². The van der Waals surface area contributed by atoms with Gasteiger partial charge in [-0.3, -0.25) is 4.79 Å². The van der Waals surface area contributed by atoms with E-state index in [0.29, 0.717) is 22.5 Å². The van der Waals surface area contributed by atoms with Crippen molar-refractivity contribution in [1.29, 1.82) is 0 Å². The Morgan fingerprint density at radius 3 is 2.43 bits per heavy atom. The standard InChI is InChI=1S/C20H14N2O/c21-17-10-4-7-14-11-12-18(22-19(14)17)20(23)16-9-3-6-13-5-1-2-8-15(13)16/h1-12H,21H2. The summed E-state index contributed by atoms with van der Waals surface area (Å²) in [7, 11) is 0. The molecule has 0 fully saturated rings. The minimum Gasteiger partial charge on any atom is -0.397 e. The summed E-state index contributed by atoms with van der Waals surface area (Å²) < 4.78 is 0. The highest BCUT2D eigenvalue weighted by Gasteiger charge is 2.14. The Kier molecular flexibility index (Phi) is 3.05. The Morgan fingerprint density at radius 1 is 0.783 bits per heavy atom. The van der Waals surface area contributed by atoms with Gasteiger partial charge >= 0.3 is 0 Å². The molecule has 1 aromatic heterocycles. The fourth-order valence-electron chi connectivity index (χ4n) is 2.86. The molecule has 0 radical (unpaired) electrons. The van der Waals surface area contributed by atoms with E-state index in [0.717, 1.165) is 16.2 Å². The molecule has 4 rings (SSSR count). The van der Waals surface area contributed by atoms with Gasteiger partial charge in [0.1, 0.15) is 5.69 Å². The second kappa shape index (κ2) is 5.21. The van der Waals surface area contributed by atoms with Gasteiger partial charge in [0, 0.05) is 10.9 Å². The summed E-state index contributed by atoms with van der Waals surface area (Å²) in [6.07, 6.45) is 0. The SMILES string of the molecule is Nc1cccc2ccc(C(=O)c3cccc4ccccc34)nc12. The maximum absolute atomic E-state index is 12.9. The van der Waals surface area contributed by atoms with Crippen molar-refractivity contribution >= 4 is 33.1 Å². The number of pyridine rings is 1. The van der Waals surface area contributed by atoms with Gasteiger partial charge in [-0.15, -0.1) is 0 Å². The Balaban J connectivity index is 1.90. The molecule has 0 unspecified atom stereocenters. The number of ketones is 1. The van der Waals surface area contributed by atoms with E-state index in [2.05, 4.69) is 4.98 Å². The van der Waals surface area contributed by atoms with E-state index in [-0.39, 0.29) is 5.78 Å². The number of aromatic nitrogens is 1. The van der Waals surface area contributed by atoms with E-state index < -0.39 is 0 Å². The highest BCUT2D eigenvalue weighted by Crippen LogP contribution is 2.23. The zero-order valence-electron chi connectivity index (χ0n) is 12.4. The molecule has 0 aliphatic rings. The van der Waals surface area contributed by atoms with Crippen LogP contribution in [0, 0.1) is 0 Å². The van der Waals surface area contributed by atoms with Gasteiger partial charge in [-0.25, -0.2) is 4.98 Å². The average Bonchev–Trinajstić information content (AvgIpc) is 2.61. The van der Waals surface area contributed by atoms with Gasteiger partial charge in [0.05, 0.1) is 11.2 Å². The molecular formula is C20H14N2O. The first kappa shape index (κ1) is 13.5. The third kappa shape index (κ3) is 2.23. The van der Waals surface area contributed by atoms with Crippen LogP contribution in [-0.4, -0.2) is 10.8 Å². The first-order valence-corrected chi connectivity index (χ1v) is 7.42. The number of nitrogens with two attached hydrogens (primary N) is 1. The maximum atomic E-state index is 12.9. The molecule has 1 heterocycles. The van der Waals surface area contributed by atoms with Crippen LogP contribution in [0.4, 0.5) is 5.69 Å². The van der Waals surface area contributed by atoms with Crippen LogP contribution in [0.15, 0.2) is 72.8 Å². The van der Waals surface area contributed by atoms with Crippen molar-refractivity contribution in [2.24, 2.45) is 0 Å². The first-order valence-electron chi connectivity index (χ1n) is 7.42. The molecular weight excluding hydrogens is 284 g/mol. The lowest BCUT2D eigenvalue weighted by atomic mass is 9.99. The van der Waals surface area contributed by atoms with Crippen LogP contribution in [0.25, 0.3) is 21.7 Å². The van der Waals surface area contributed by atoms with E-state index >= 15 is 0 Å². The number of rotatable bonds is 2. The van der Waals surface area contributed by atoms with Crippen LogP contribution in [0.5, 0.6) is 0 Å². The minimum absolute atomic E-state index is 0.0908. The van der Waals surface area contributed by atoms with Crippen molar-refractivity contribution in [2.45, 2.75) is 0 Å². The molecule has 0 bridgehead atoms. The largest absolute Gasteiger partial charge is 0.397 e. The van der Waals surface area contributed by atoms with Crippen LogP contribution in [-0.2, 0) is 0 Å². The van der Waals surface area contributed by atoms with Crippen molar-refractivity contribution in [3.63, 3.8) is 0 Å². The molecule has 23 heavy (non-hydrogen) atoms. The normalized spacial score (nSPS) is 11.0. The molecule has 4 aromatic rings. The summed E-state index contributed by atoms with van der Waals surface area (Å²) in [5.74, 6) is -0.0908. The topological polar surface area (TPSA) is 56.0 Å². The summed E-state index contributed by atoms with van der Waals surface area (Å²) in [6.45, 7) is 0. The number of carbonyl (C=O) groups excluding carboxylic acids is 1. The van der Waals surface area contributed by atoms with Gasteiger partial charge in [0.15, 0.2) is 0 Å². The van der Waals surface area contributed by atoms with Gasteiger partial charge in [0.25, 0.3) is 0 Å². The Bertz CT molecular complexity index is 1050. The second-order valence-electron chi connectivity index (χ2n) is 5.47. The molecule has 0 spiro atoms. The third-order valence-corrected chi connectivity index (χ3v) is 4.02. The molecule has 110 valence electrons. The van der Waals surface area contributed by atoms with Gasteiger partial charge in [-0.05, 0) is 22.9 Å². The Morgan fingerprint density at radius 2 is 1.52 bits per heavy atom. The van der Waals surface area contributed by atoms with Crippen LogP contribution >= 0.6 is 0 Å². The Hall–Kier alpha value is -3.20. The smallest absolute Gasteiger partial charge is 0.211 e. The van der Waals surface area contributed by atoms with Crippen LogP contribution in [0.3, 0.4) is 0 Å². The molecule has 0 atom stereocenters. The molecule has 0 saturated heterocycles. The van der Waals surface area contributed by atoms with Crippen molar-refractivity contribution < 1.29 is 4.79 Å². The second-order valence-corrected chi connectivity index (χ2v) is 5.47. The van der Waals surface area contributed by atoms with Crippen LogP contribution in [0.1, 0.15) is 16.1 Å². The summed E-state index contributed by atoms with van der Waals surface area (Å²) in [5, 5.41) is 2.90. The number of carbonyl (C=O) groups is 1. The third-order valence-electron chi connectivity index (χ3n) is 4.02. The van der Waals surface area contributed by atoms with Crippen molar-refractivity contribution in [2.75, 3.05) is 5.73 Å². The van der Waals surface area contributed by atoms with Crippen LogP contribution < -0.4 is 5.73 Å². The summed E-state index contributed by atoms with van der Waals surface area (Å²) in [6, 6.07) is 22.8. The molecule has 3 aromatic carbocycles. The summed E-state index contributed by atoms with van der Waals surface area (Å²) in [4.78, 5) is 17.4. The highest BCUT2D eigenvalue weighted by atomic mass is 16.1. The number of benzene rings is 3. The minimum atomic E-state index is -0.0908. The van der Waals surface area contributed by atoms with Gasteiger partial charge in [-0.2, -0.15) is 0 Å². The molecule has 0 saturated carbocycles. The molecule has 0 amide bonds. The number of hydrogen-bond acceptors (Lipinski definition) is 3. The zero-order chi connectivity index (χ0) is 15.8. The number of nitrogen functional groups attached to an aromatic ring is 1. The fourth-order valence-corrected chi connectivity index (χ4v) is 2.86. The van der Waals surface area contributed by atoms with E-state index in [1.807, 2.05) is 60.7 Å². The van der Waals surface area contributed by atoms with Crippen molar-refractivity contribution in [3.8, 4) is 0 Å². The predicted octanol–water partition coefficient (Wildman–Crippen LogP) is 4.20. The summed E-state index contributed by atoms with van der Waals surface area (Å²) >= 11 is 0. The van der Waals surface area contributed by atoms with Crippen molar-refractivity contribution in [1.82, 2.24) is 4.98 Å². The zero-order valence-corrected chi connectivity index (χ0v) is 12.4. The van der Waals surface area contributed by atoms with Crippen molar-refractivity contribution in [3.05, 3.63) is 84.1 Å². The lowest BCUT2D eigenvalue weighted by Crippen LogP contribution is -2.05. The average molecular weight is 298 g/mol. The lowest BCUT2D eigenvalue weighted by molar-refractivity contribution is 0.103. The summed E-state index contributed by atoms with van der Waals surface area (Å²) in [5.41, 5.74) is 8.29.